The molecule has 1 unspecified atom stereocenters. The Labute approximate surface area is 93.7 Å². The Morgan fingerprint density at radius 1 is 1.50 bits per heavy atom. The average molecular weight is 225 g/mol. The SMILES string of the molecule is COc1ccc(C(C)(C)C(O)C(=O)O)cn1. The molecule has 1 aromatic rings. The van der Waals surface area contributed by atoms with Gasteiger partial charge in [0.15, 0.2) is 6.10 Å². The number of carbonyl (C=O) groups is 1. The average Bonchev–Trinajstić information content (AvgIpc) is 2.28. The number of methoxy groups -OCH3 is 1. The van der Waals surface area contributed by atoms with Crippen LogP contribution in [0, 0.1) is 0 Å². The van der Waals surface area contributed by atoms with Gasteiger partial charge in [-0.15, -0.1) is 0 Å². The summed E-state index contributed by atoms with van der Waals surface area (Å²) in [6, 6.07) is 3.32. The third-order valence-corrected chi connectivity index (χ3v) is 2.61. The maximum atomic E-state index is 10.7. The normalized spacial score (nSPS) is 13.2. The smallest absolute Gasteiger partial charge is 0.333 e. The van der Waals surface area contributed by atoms with Crippen molar-refractivity contribution in [3.8, 4) is 5.88 Å². The predicted octanol–water partition coefficient (Wildman–Crippen LogP) is 0.813. The van der Waals surface area contributed by atoms with Crippen molar-refractivity contribution in [3.05, 3.63) is 23.9 Å². The van der Waals surface area contributed by atoms with Gasteiger partial charge in [-0.05, 0) is 5.56 Å². The summed E-state index contributed by atoms with van der Waals surface area (Å²) in [5.74, 6) is -0.801. The van der Waals surface area contributed by atoms with Crippen molar-refractivity contribution < 1.29 is 19.7 Å². The van der Waals surface area contributed by atoms with Crippen molar-refractivity contribution in [1.29, 1.82) is 0 Å². The van der Waals surface area contributed by atoms with Gasteiger partial charge in [-0.2, -0.15) is 0 Å². The number of carboxylic acids is 1. The second-order valence-corrected chi connectivity index (χ2v) is 4.05. The molecule has 0 fully saturated rings. The van der Waals surface area contributed by atoms with E-state index in [1.807, 2.05) is 0 Å². The highest BCUT2D eigenvalue weighted by molar-refractivity contribution is 5.74. The van der Waals surface area contributed by atoms with E-state index in [-0.39, 0.29) is 0 Å². The molecule has 0 aliphatic carbocycles. The monoisotopic (exact) mass is 225 g/mol. The van der Waals surface area contributed by atoms with Gasteiger partial charge in [0.2, 0.25) is 5.88 Å². The molecule has 1 heterocycles. The molecule has 0 amide bonds. The second-order valence-electron chi connectivity index (χ2n) is 4.05. The van der Waals surface area contributed by atoms with Crippen molar-refractivity contribution in [3.63, 3.8) is 0 Å². The van der Waals surface area contributed by atoms with E-state index in [2.05, 4.69) is 4.98 Å². The van der Waals surface area contributed by atoms with Crippen LogP contribution in [-0.4, -0.2) is 34.4 Å². The summed E-state index contributed by atoms with van der Waals surface area (Å²) in [4.78, 5) is 14.7. The van der Waals surface area contributed by atoms with E-state index >= 15 is 0 Å². The van der Waals surface area contributed by atoms with Gasteiger partial charge in [0.1, 0.15) is 0 Å². The molecule has 1 aromatic heterocycles. The van der Waals surface area contributed by atoms with Gasteiger partial charge in [-0.25, -0.2) is 9.78 Å². The van der Waals surface area contributed by atoms with E-state index in [4.69, 9.17) is 9.84 Å². The minimum absolute atomic E-state index is 0.448. The third-order valence-electron chi connectivity index (χ3n) is 2.61. The number of aliphatic hydroxyl groups is 1. The van der Waals surface area contributed by atoms with Crippen LogP contribution in [0.3, 0.4) is 0 Å². The quantitative estimate of drug-likeness (QED) is 0.792. The fourth-order valence-corrected chi connectivity index (χ4v) is 1.35. The molecule has 2 N–H and O–H groups in total. The molecule has 0 saturated carbocycles. The molecule has 1 atom stereocenters. The number of hydrogen-bond donors (Lipinski definition) is 2. The molecular formula is C11H15NO4. The van der Waals surface area contributed by atoms with Gasteiger partial charge < -0.3 is 14.9 Å². The van der Waals surface area contributed by atoms with Crippen molar-refractivity contribution in [1.82, 2.24) is 4.98 Å². The highest BCUT2D eigenvalue weighted by Crippen LogP contribution is 2.27. The lowest BCUT2D eigenvalue weighted by Crippen LogP contribution is -2.39. The van der Waals surface area contributed by atoms with Crippen LogP contribution >= 0.6 is 0 Å². The topological polar surface area (TPSA) is 79.7 Å². The first-order valence-corrected chi connectivity index (χ1v) is 4.81. The summed E-state index contributed by atoms with van der Waals surface area (Å²) in [6.07, 6.45) is 0.0352. The zero-order valence-corrected chi connectivity index (χ0v) is 9.47. The summed E-state index contributed by atoms with van der Waals surface area (Å²) in [5.41, 5.74) is -0.256. The minimum Gasteiger partial charge on any atom is -0.481 e. The van der Waals surface area contributed by atoms with E-state index in [1.54, 1.807) is 26.0 Å². The maximum absolute atomic E-state index is 10.7. The lowest BCUT2D eigenvalue weighted by Gasteiger charge is -2.27. The van der Waals surface area contributed by atoms with Gasteiger partial charge in [-0.1, -0.05) is 19.9 Å². The van der Waals surface area contributed by atoms with Crippen LogP contribution in [-0.2, 0) is 10.2 Å². The Morgan fingerprint density at radius 2 is 2.12 bits per heavy atom. The molecular weight excluding hydrogens is 210 g/mol. The van der Waals surface area contributed by atoms with Crippen LogP contribution in [0.2, 0.25) is 0 Å². The molecule has 0 radical (unpaired) electrons. The second kappa shape index (κ2) is 4.49. The van der Waals surface area contributed by atoms with Crippen LogP contribution in [0.5, 0.6) is 5.88 Å². The summed E-state index contributed by atoms with van der Waals surface area (Å²) in [5, 5.41) is 18.4. The summed E-state index contributed by atoms with van der Waals surface area (Å²) < 4.78 is 4.90. The summed E-state index contributed by atoms with van der Waals surface area (Å²) >= 11 is 0. The highest BCUT2D eigenvalue weighted by atomic mass is 16.5. The molecule has 0 aromatic carbocycles. The first-order chi connectivity index (χ1) is 7.39. The molecule has 0 bridgehead atoms. The first kappa shape index (κ1) is 12.4. The Kier molecular flexibility index (Phi) is 3.49. The van der Waals surface area contributed by atoms with Crippen LogP contribution in [0.15, 0.2) is 18.3 Å². The zero-order valence-electron chi connectivity index (χ0n) is 9.47. The molecule has 5 nitrogen and oxygen atoms in total. The third kappa shape index (κ3) is 2.30. The Bertz CT molecular complexity index is 372. The van der Waals surface area contributed by atoms with Crippen molar-refractivity contribution in [2.75, 3.05) is 7.11 Å². The number of aliphatic carboxylic acids is 1. The maximum Gasteiger partial charge on any atom is 0.333 e. The number of pyridine rings is 1. The lowest BCUT2D eigenvalue weighted by atomic mass is 9.80. The van der Waals surface area contributed by atoms with Crippen LogP contribution in [0.1, 0.15) is 19.4 Å². The van der Waals surface area contributed by atoms with Crippen molar-refractivity contribution in [2.45, 2.75) is 25.4 Å². The standard InChI is InChI=1S/C11H15NO4/c1-11(2,9(13)10(14)15)7-4-5-8(16-3)12-6-7/h4-6,9,13H,1-3H3,(H,14,15). The number of aliphatic hydroxyl groups excluding tert-OH is 1. The zero-order chi connectivity index (χ0) is 12.3. The van der Waals surface area contributed by atoms with Gasteiger partial charge in [0.05, 0.1) is 7.11 Å². The minimum atomic E-state index is -1.47. The predicted molar refractivity (Wildman–Crippen MR) is 57.5 cm³/mol. The van der Waals surface area contributed by atoms with Crippen molar-refractivity contribution in [2.24, 2.45) is 0 Å². The van der Waals surface area contributed by atoms with Gasteiger partial charge in [0, 0.05) is 17.7 Å². The number of rotatable bonds is 4. The fourth-order valence-electron chi connectivity index (χ4n) is 1.35. The van der Waals surface area contributed by atoms with Gasteiger partial charge in [0.25, 0.3) is 0 Å². The van der Waals surface area contributed by atoms with Crippen LogP contribution in [0.25, 0.3) is 0 Å². The molecule has 1 rings (SSSR count). The molecule has 16 heavy (non-hydrogen) atoms. The molecule has 0 aliphatic heterocycles. The Balaban J connectivity index is 3.02. The van der Waals surface area contributed by atoms with E-state index in [9.17, 15) is 9.90 Å². The van der Waals surface area contributed by atoms with E-state index in [0.29, 0.717) is 11.4 Å². The largest absolute Gasteiger partial charge is 0.481 e. The molecule has 88 valence electrons. The van der Waals surface area contributed by atoms with Gasteiger partial charge in [-0.3, -0.25) is 0 Å². The number of nitrogens with zero attached hydrogens (tertiary/aromatic N) is 1. The molecule has 0 spiro atoms. The lowest BCUT2D eigenvalue weighted by molar-refractivity contribution is -0.150. The first-order valence-electron chi connectivity index (χ1n) is 4.81. The van der Waals surface area contributed by atoms with Crippen LogP contribution in [0.4, 0.5) is 0 Å². The Morgan fingerprint density at radius 3 is 2.50 bits per heavy atom. The van der Waals surface area contributed by atoms with E-state index < -0.39 is 17.5 Å². The highest BCUT2D eigenvalue weighted by Gasteiger charge is 2.35. The van der Waals surface area contributed by atoms with E-state index in [1.165, 1.54) is 13.3 Å². The fraction of sp³-hybridized carbons (Fsp3) is 0.455. The number of hydrogen-bond acceptors (Lipinski definition) is 4. The summed E-state index contributed by atoms with van der Waals surface area (Å²) in [7, 11) is 1.50. The molecule has 5 heteroatoms. The molecule has 0 aliphatic rings. The van der Waals surface area contributed by atoms with Gasteiger partial charge >= 0.3 is 5.97 Å². The number of carboxylic acid groups (broad SMARTS) is 1. The van der Waals surface area contributed by atoms with Crippen molar-refractivity contribution >= 4 is 5.97 Å². The number of ether oxygens (including phenoxy) is 1. The van der Waals surface area contributed by atoms with Crippen LogP contribution < -0.4 is 4.74 Å². The number of aromatic nitrogens is 1. The van der Waals surface area contributed by atoms with E-state index in [0.717, 1.165) is 0 Å². The molecule has 0 saturated heterocycles. The summed E-state index contributed by atoms with van der Waals surface area (Å²) in [6.45, 7) is 3.30. The Hall–Kier alpha value is -1.62.